The molecule has 37 heavy (non-hydrogen) atoms. The number of halogens is 1. The summed E-state index contributed by atoms with van der Waals surface area (Å²) in [5, 5.41) is 20.7. The summed E-state index contributed by atoms with van der Waals surface area (Å²) in [5.41, 5.74) is 5.04. The van der Waals surface area contributed by atoms with Gasteiger partial charge >= 0.3 is 0 Å². The van der Waals surface area contributed by atoms with E-state index in [0.717, 1.165) is 0 Å². The Morgan fingerprint density at radius 3 is 2.59 bits per heavy atom. The highest BCUT2D eigenvalue weighted by atomic mass is 19.1. The second-order valence-electron chi connectivity index (χ2n) is 9.45. The van der Waals surface area contributed by atoms with Crippen LogP contribution >= 0.6 is 0 Å². The minimum atomic E-state index is -1.58. The number of nitrogens with two attached hydrogens (primary N) is 1. The molecule has 2 aromatic carbocycles. The van der Waals surface area contributed by atoms with E-state index in [1.165, 1.54) is 44.4 Å². The number of pyridine rings is 1. The highest BCUT2D eigenvalue weighted by Crippen LogP contribution is 2.46. The number of amides is 1. The third-order valence-corrected chi connectivity index (χ3v) is 6.77. The lowest BCUT2D eigenvalue weighted by Gasteiger charge is -2.26. The largest absolute Gasteiger partial charge is 0.495 e. The van der Waals surface area contributed by atoms with Crippen LogP contribution in [0, 0.1) is 17.1 Å². The fourth-order valence-corrected chi connectivity index (χ4v) is 4.26. The minimum Gasteiger partial charge on any atom is -0.495 e. The van der Waals surface area contributed by atoms with Crippen LogP contribution in [0.1, 0.15) is 53.9 Å². The summed E-state index contributed by atoms with van der Waals surface area (Å²) < 4.78 is 24.5. The summed E-state index contributed by atoms with van der Waals surface area (Å²) >= 11 is 0. The number of ether oxygens (including phenoxy) is 2. The summed E-state index contributed by atoms with van der Waals surface area (Å²) in [6.07, 6.45) is -0.0407. The van der Waals surface area contributed by atoms with Gasteiger partial charge in [-0.05, 0) is 68.8 Å². The Bertz CT molecular complexity index is 1430. The molecule has 190 valence electrons. The molecule has 0 bridgehead atoms. The van der Waals surface area contributed by atoms with Crippen LogP contribution < -0.4 is 15.2 Å². The molecule has 0 spiro atoms. The number of aliphatic hydroxyl groups is 1. The Kier molecular flexibility index (Phi) is 6.72. The van der Waals surface area contributed by atoms with Crippen molar-refractivity contribution in [3.05, 3.63) is 76.7 Å². The zero-order chi connectivity index (χ0) is 27.0. The predicted octanol–water partition coefficient (Wildman–Crippen LogP) is 3.77. The van der Waals surface area contributed by atoms with Gasteiger partial charge in [-0.1, -0.05) is 0 Å². The Balaban J connectivity index is 1.70. The van der Waals surface area contributed by atoms with Crippen molar-refractivity contribution in [2.24, 2.45) is 5.73 Å². The van der Waals surface area contributed by atoms with Crippen molar-refractivity contribution in [2.75, 3.05) is 13.7 Å². The average Bonchev–Trinajstić information content (AvgIpc) is 3.24. The molecule has 0 fully saturated rings. The van der Waals surface area contributed by atoms with Crippen LogP contribution in [-0.2, 0) is 15.8 Å². The second-order valence-corrected chi connectivity index (χ2v) is 9.45. The van der Waals surface area contributed by atoms with Gasteiger partial charge in [0.2, 0.25) is 5.91 Å². The van der Waals surface area contributed by atoms with Gasteiger partial charge in [0.05, 0.1) is 18.4 Å². The van der Waals surface area contributed by atoms with E-state index in [9.17, 15) is 24.3 Å². The van der Waals surface area contributed by atoms with Gasteiger partial charge in [-0.2, -0.15) is 5.26 Å². The number of Topliss-reactive ketones (excluding diaryl/α,β-unsaturated/α-hetero) is 1. The number of benzene rings is 2. The fourth-order valence-electron chi connectivity index (χ4n) is 4.26. The van der Waals surface area contributed by atoms with Crippen molar-refractivity contribution in [3.8, 4) is 28.8 Å². The number of carbonyl (C=O) groups excluding carboxylic acids is 2. The van der Waals surface area contributed by atoms with E-state index in [1.54, 1.807) is 25.1 Å². The zero-order valence-corrected chi connectivity index (χ0v) is 20.7. The van der Waals surface area contributed by atoms with Gasteiger partial charge in [0.25, 0.3) is 0 Å². The Labute approximate surface area is 213 Å². The fraction of sp³-hybridized carbons (Fsp3) is 0.286. The standard InChI is InChI=1S/C28H26FN3O5/c1-27(26(31)34)15-37-25-20(27)13-23(32-24(25)16-4-7-19(29)8-5-16)28(2,35)11-10-21(33)17-6-9-22(36-3)18(12-17)14-30/h4-9,12-13,35H,10-11,15H2,1-3H3,(H2,31,34)/t27-,28-/m0/s1. The van der Waals surface area contributed by atoms with Crippen LogP contribution in [-0.4, -0.2) is 35.5 Å². The van der Waals surface area contributed by atoms with Gasteiger partial charge in [-0.25, -0.2) is 9.37 Å². The summed E-state index contributed by atoms with van der Waals surface area (Å²) in [6.45, 7) is 3.17. The molecule has 3 aromatic rings. The summed E-state index contributed by atoms with van der Waals surface area (Å²) in [6, 6.07) is 13.7. The van der Waals surface area contributed by atoms with Crippen molar-refractivity contribution in [2.45, 2.75) is 37.7 Å². The molecule has 2 atom stereocenters. The number of primary amides is 1. The summed E-state index contributed by atoms with van der Waals surface area (Å²) in [7, 11) is 1.44. The minimum absolute atomic E-state index is 0.00252. The van der Waals surface area contributed by atoms with Crippen LogP contribution in [0.2, 0.25) is 0 Å². The highest BCUT2D eigenvalue weighted by molar-refractivity contribution is 5.96. The first kappa shape index (κ1) is 25.8. The van der Waals surface area contributed by atoms with Gasteiger partial charge in [0.15, 0.2) is 5.78 Å². The van der Waals surface area contributed by atoms with Gasteiger partial charge in [0, 0.05) is 23.1 Å². The normalized spacial score (nSPS) is 17.7. The molecule has 1 amide bonds. The van der Waals surface area contributed by atoms with E-state index in [1.807, 2.05) is 6.07 Å². The molecule has 1 aliphatic heterocycles. The lowest BCUT2D eigenvalue weighted by molar-refractivity contribution is -0.123. The number of methoxy groups -OCH3 is 1. The molecule has 1 aliphatic rings. The van der Waals surface area contributed by atoms with Crippen molar-refractivity contribution >= 4 is 11.7 Å². The molecular formula is C28H26FN3O5. The number of carbonyl (C=O) groups is 2. The maximum absolute atomic E-state index is 13.6. The molecule has 0 aliphatic carbocycles. The molecule has 1 aromatic heterocycles. The number of fused-ring (bicyclic) bond motifs is 1. The topological polar surface area (TPSA) is 136 Å². The number of aromatic nitrogens is 1. The van der Waals surface area contributed by atoms with Crippen molar-refractivity contribution in [3.63, 3.8) is 0 Å². The third-order valence-electron chi connectivity index (χ3n) is 6.77. The highest BCUT2D eigenvalue weighted by Gasteiger charge is 2.45. The molecular weight excluding hydrogens is 477 g/mol. The molecule has 4 rings (SSSR count). The van der Waals surface area contributed by atoms with Gasteiger partial charge in [0.1, 0.15) is 46.7 Å². The molecule has 0 unspecified atom stereocenters. The number of hydrogen-bond acceptors (Lipinski definition) is 7. The van der Waals surface area contributed by atoms with E-state index in [4.69, 9.17) is 15.2 Å². The Morgan fingerprint density at radius 2 is 1.97 bits per heavy atom. The van der Waals surface area contributed by atoms with Crippen LogP contribution in [0.3, 0.4) is 0 Å². The van der Waals surface area contributed by atoms with E-state index < -0.39 is 22.7 Å². The first-order chi connectivity index (χ1) is 17.5. The molecule has 3 N–H and O–H groups in total. The van der Waals surface area contributed by atoms with Gasteiger partial charge in [-0.3, -0.25) is 9.59 Å². The van der Waals surface area contributed by atoms with Crippen LogP contribution in [0.5, 0.6) is 11.5 Å². The number of nitrogens with zero attached hydrogens (tertiary/aromatic N) is 2. The van der Waals surface area contributed by atoms with Crippen molar-refractivity contribution in [1.29, 1.82) is 5.26 Å². The van der Waals surface area contributed by atoms with E-state index in [2.05, 4.69) is 4.98 Å². The van der Waals surface area contributed by atoms with Crippen molar-refractivity contribution in [1.82, 2.24) is 4.98 Å². The number of rotatable bonds is 8. The van der Waals surface area contributed by atoms with Crippen molar-refractivity contribution < 1.29 is 28.6 Å². The number of hydrogen-bond donors (Lipinski definition) is 2. The van der Waals surface area contributed by atoms with E-state index >= 15 is 0 Å². The third kappa shape index (κ3) is 4.76. The molecule has 2 heterocycles. The number of nitriles is 1. The first-order valence-corrected chi connectivity index (χ1v) is 11.6. The zero-order valence-electron chi connectivity index (χ0n) is 20.7. The summed E-state index contributed by atoms with van der Waals surface area (Å²) in [5.74, 6) is -0.601. The lowest BCUT2D eigenvalue weighted by Crippen LogP contribution is -2.40. The Morgan fingerprint density at radius 1 is 1.27 bits per heavy atom. The van der Waals surface area contributed by atoms with Crippen LogP contribution in [0.4, 0.5) is 4.39 Å². The molecule has 0 saturated carbocycles. The molecule has 0 saturated heterocycles. The smallest absolute Gasteiger partial charge is 0.231 e. The Hall–Kier alpha value is -4.29. The van der Waals surface area contributed by atoms with Crippen LogP contribution in [0.25, 0.3) is 11.3 Å². The SMILES string of the molecule is COc1ccc(C(=O)CC[C@](C)(O)c2cc3c(c(-c4ccc(F)cc4)n2)OC[C@]3(C)C(N)=O)cc1C#N. The maximum atomic E-state index is 13.6. The summed E-state index contributed by atoms with van der Waals surface area (Å²) in [4.78, 5) is 29.9. The molecule has 0 radical (unpaired) electrons. The average molecular weight is 504 g/mol. The van der Waals surface area contributed by atoms with E-state index in [0.29, 0.717) is 33.9 Å². The lowest BCUT2D eigenvalue weighted by atomic mass is 9.81. The number of ketones is 1. The maximum Gasteiger partial charge on any atom is 0.231 e. The quantitative estimate of drug-likeness (QED) is 0.447. The second kappa shape index (κ2) is 9.64. The van der Waals surface area contributed by atoms with Gasteiger partial charge in [-0.15, -0.1) is 0 Å². The predicted molar refractivity (Wildman–Crippen MR) is 133 cm³/mol. The van der Waals surface area contributed by atoms with E-state index in [-0.39, 0.29) is 36.5 Å². The van der Waals surface area contributed by atoms with Crippen LogP contribution in [0.15, 0.2) is 48.5 Å². The molecule has 8 nitrogen and oxygen atoms in total. The monoisotopic (exact) mass is 503 g/mol. The van der Waals surface area contributed by atoms with Gasteiger partial charge < -0.3 is 20.3 Å². The first-order valence-electron chi connectivity index (χ1n) is 11.6. The molecule has 9 heteroatoms.